The van der Waals surface area contributed by atoms with Crippen LogP contribution in [-0.2, 0) is 14.3 Å². The van der Waals surface area contributed by atoms with Crippen LogP contribution >= 0.6 is 22.7 Å². The molecule has 1 N–H and O–H groups in total. The molecule has 0 aromatic carbocycles. The lowest BCUT2D eigenvalue weighted by molar-refractivity contribution is -0.136. The van der Waals surface area contributed by atoms with Crippen molar-refractivity contribution >= 4 is 51.5 Å². The monoisotopic (exact) mass is 422 g/mol. The SMILES string of the molecule is CC(=O)Nc1nc(C(=O)OCC(=O)N2CCN(C(=O)c3cccs3)CC2)cs1. The van der Waals surface area contributed by atoms with Gasteiger partial charge in [0.1, 0.15) is 0 Å². The smallest absolute Gasteiger partial charge is 0.358 e. The number of piperazine rings is 1. The first kappa shape index (κ1) is 20.0. The molecule has 2 aromatic heterocycles. The number of thiazole rings is 1. The number of hydrogen-bond acceptors (Lipinski definition) is 8. The van der Waals surface area contributed by atoms with Gasteiger partial charge in [0.05, 0.1) is 4.88 Å². The summed E-state index contributed by atoms with van der Waals surface area (Å²) in [5.41, 5.74) is 0.0351. The zero-order valence-corrected chi connectivity index (χ0v) is 16.7. The van der Waals surface area contributed by atoms with Crippen molar-refractivity contribution in [3.05, 3.63) is 33.5 Å². The zero-order chi connectivity index (χ0) is 20.1. The molecule has 0 radical (unpaired) electrons. The van der Waals surface area contributed by atoms with Crippen molar-refractivity contribution in [2.75, 3.05) is 38.1 Å². The van der Waals surface area contributed by atoms with Crippen LogP contribution in [0.4, 0.5) is 5.13 Å². The highest BCUT2D eigenvalue weighted by atomic mass is 32.1. The van der Waals surface area contributed by atoms with Crippen molar-refractivity contribution in [3.63, 3.8) is 0 Å². The number of carbonyl (C=O) groups excluding carboxylic acids is 4. The Morgan fingerprint density at radius 3 is 2.50 bits per heavy atom. The van der Waals surface area contributed by atoms with E-state index in [2.05, 4.69) is 10.3 Å². The minimum atomic E-state index is -0.729. The predicted octanol–water partition coefficient (Wildman–Crippen LogP) is 1.30. The molecule has 1 aliphatic heterocycles. The van der Waals surface area contributed by atoms with E-state index in [4.69, 9.17) is 4.74 Å². The first-order valence-corrected chi connectivity index (χ1v) is 10.2. The van der Waals surface area contributed by atoms with Gasteiger partial charge in [0.2, 0.25) is 5.91 Å². The minimum absolute atomic E-state index is 0.0351. The van der Waals surface area contributed by atoms with E-state index in [-0.39, 0.29) is 28.5 Å². The maximum absolute atomic E-state index is 12.3. The number of anilines is 1. The summed E-state index contributed by atoms with van der Waals surface area (Å²) in [6.45, 7) is 2.58. The van der Waals surface area contributed by atoms with E-state index in [9.17, 15) is 19.2 Å². The molecule has 0 saturated carbocycles. The molecule has 1 saturated heterocycles. The van der Waals surface area contributed by atoms with E-state index in [1.165, 1.54) is 23.6 Å². The van der Waals surface area contributed by atoms with Crippen LogP contribution in [0.15, 0.2) is 22.9 Å². The minimum Gasteiger partial charge on any atom is -0.451 e. The van der Waals surface area contributed by atoms with E-state index in [0.29, 0.717) is 31.1 Å². The van der Waals surface area contributed by atoms with Crippen molar-refractivity contribution in [3.8, 4) is 0 Å². The number of carbonyl (C=O) groups is 4. The standard InChI is InChI=1S/C17H18N4O5S2/c1-11(22)18-17-19-12(10-28-17)16(25)26-9-14(23)20-4-6-21(7-5-20)15(24)13-3-2-8-27-13/h2-3,8,10H,4-7,9H2,1H3,(H,18,19,22). The molecule has 0 bridgehead atoms. The molecule has 1 aliphatic rings. The number of hydrogen-bond donors (Lipinski definition) is 1. The largest absolute Gasteiger partial charge is 0.451 e. The van der Waals surface area contributed by atoms with Gasteiger partial charge in [-0.05, 0) is 11.4 Å². The van der Waals surface area contributed by atoms with E-state index in [0.717, 1.165) is 11.3 Å². The first-order valence-electron chi connectivity index (χ1n) is 8.45. The van der Waals surface area contributed by atoms with Gasteiger partial charge in [0, 0.05) is 38.5 Å². The maximum atomic E-state index is 12.3. The fourth-order valence-electron chi connectivity index (χ4n) is 2.58. The van der Waals surface area contributed by atoms with E-state index in [1.807, 2.05) is 11.4 Å². The molecule has 0 atom stereocenters. The van der Waals surface area contributed by atoms with Crippen molar-refractivity contribution in [1.29, 1.82) is 0 Å². The summed E-state index contributed by atoms with van der Waals surface area (Å²) in [5, 5.41) is 6.06. The van der Waals surface area contributed by atoms with Crippen molar-refractivity contribution in [2.45, 2.75) is 6.92 Å². The van der Waals surface area contributed by atoms with Gasteiger partial charge >= 0.3 is 5.97 Å². The van der Waals surface area contributed by atoms with Crippen molar-refractivity contribution < 1.29 is 23.9 Å². The number of ether oxygens (including phenoxy) is 1. The lowest BCUT2D eigenvalue weighted by atomic mass is 10.3. The highest BCUT2D eigenvalue weighted by molar-refractivity contribution is 7.14. The van der Waals surface area contributed by atoms with Crippen LogP contribution in [0.5, 0.6) is 0 Å². The van der Waals surface area contributed by atoms with Gasteiger partial charge in [-0.3, -0.25) is 14.4 Å². The van der Waals surface area contributed by atoms with Crippen LogP contribution < -0.4 is 5.32 Å². The summed E-state index contributed by atoms with van der Waals surface area (Å²) in [6.07, 6.45) is 0. The van der Waals surface area contributed by atoms with Gasteiger partial charge in [0.25, 0.3) is 11.8 Å². The number of aromatic nitrogens is 1. The zero-order valence-electron chi connectivity index (χ0n) is 15.0. The summed E-state index contributed by atoms with van der Waals surface area (Å²) < 4.78 is 5.02. The topological polar surface area (TPSA) is 109 Å². The van der Waals surface area contributed by atoms with E-state index >= 15 is 0 Å². The fraction of sp³-hybridized carbons (Fsp3) is 0.353. The average molecular weight is 422 g/mol. The number of thiophene rings is 1. The Balaban J connectivity index is 1.44. The summed E-state index contributed by atoms with van der Waals surface area (Å²) in [6, 6.07) is 3.60. The molecule has 11 heteroatoms. The quantitative estimate of drug-likeness (QED) is 0.728. The summed E-state index contributed by atoms with van der Waals surface area (Å²) in [5.74, 6) is -1.38. The highest BCUT2D eigenvalue weighted by Crippen LogP contribution is 2.16. The van der Waals surface area contributed by atoms with Gasteiger partial charge in [-0.25, -0.2) is 9.78 Å². The van der Waals surface area contributed by atoms with Crippen LogP contribution in [0.3, 0.4) is 0 Å². The Morgan fingerprint density at radius 2 is 1.86 bits per heavy atom. The second-order valence-corrected chi connectivity index (χ2v) is 7.75. The van der Waals surface area contributed by atoms with Gasteiger partial charge in [-0.1, -0.05) is 6.07 Å². The van der Waals surface area contributed by atoms with Crippen LogP contribution in [0.2, 0.25) is 0 Å². The molecule has 2 aromatic rings. The fourth-order valence-corrected chi connectivity index (χ4v) is 4.00. The Labute approximate surface area is 168 Å². The highest BCUT2D eigenvalue weighted by Gasteiger charge is 2.26. The van der Waals surface area contributed by atoms with Crippen LogP contribution in [0.1, 0.15) is 27.1 Å². The number of nitrogens with zero attached hydrogens (tertiary/aromatic N) is 3. The molecule has 0 unspecified atom stereocenters. The molecule has 148 valence electrons. The molecule has 0 aliphatic carbocycles. The molecule has 3 rings (SSSR count). The third-order valence-electron chi connectivity index (χ3n) is 3.97. The Hall–Kier alpha value is -2.79. The third kappa shape index (κ3) is 4.93. The average Bonchev–Trinajstić information content (AvgIpc) is 3.37. The number of amides is 3. The summed E-state index contributed by atoms with van der Waals surface area (Å²) in [4.78, 5) is 55.4. The van der Waals surface area contributed by atoms with Crippen LogP contribution in [0, 0.1) is 0 Å². The Kier molecular flexibility index (Phi) is 6.37. The number of nitrogens with one attached hydrogen (secondary N) is 1. The predicted molar refractivity (Wildman–Crippen MR) is 104 cm³/mol. The van der Waals surface area contributed by atoms with Gasteiger partial charge in [-0.15, -0.1) is 22.7 Å². The molecule has 3 amide bonds. The summed E-state index contributed by atoms with van der Waals surface area (Å²) in [7, 11) is 0. The van der Waals surface area contributed by atoms with E-state index in [1.54, 1.807) is 15.9 Å². The van der Waals surface area contributed by atoms with Crippen LogP contribution in [0.25, 0.3) is 0 Å². The number of esters is 1. The molecular formula is C17H18N4O5S2. The maximum Gasteiger partial charge on any atom is 0.358 e. The first-order chi connectivity index (χ1) is 13.4. The third-order valence-corrected chi connectivity index (χ3v) is 5.59. The van der Waals surface area contributed by atoms with Gasteiger partial charge in [-0.2, -0.15) is 0 Å². The molecule has 1 fully saturated rings. The molecule has 28 heavy (non-hydrogen) atoms. The molecule has 9 nitrogen and oxygen atoms in total. The molecule has 3 heterocycles. The number of rotatable bonds is 5. The van der Waals surface area contributed by atoms with E-state index < -0.39 is 12.6 Å². The van der Waals surface area contributed by atoms with Crippen LogP contribution in [-0.4, -0.2) is 71.3 Å². The van der Waals surface area contributed by atoms with Gasteiger partial charge in [0.15, 0.2) is 17.4 Å². The molecular weight excluding hydrogens is 404 g/mol. The van der Waals surface area contributed by atoms with Crippen molar-refractivity contribution in [2.24, 2.45) is 0 Å². The Bertz CT molecular complexity index is 872. The van der Waals surface area contributed by atoms with Gasteiger partial charge < -0.3 is 19.9 Å². The summed E-state index contributed by atoms with van der Waals surface area (Å²) >= 11 is 2.48. The second kappa shape index (κ2) is 8.93. The normalized spacial score (nSPS) is 13.9. The lowest BCUT2D eigenvalue weighted by Gasteiger charge is -2.34. The Morgan fingerprint density at radius 1 is 1.14 bits per heavy atom. The second-order valence-electron chi connectivity index (χ2n) is 5.95. The molecule has 0 spiro atoms. The lowest BCUT2D eigenvalue weighted by Crippen LogP contribution is -2.51. The van der Waals surface area contributed by atoms with Crippen molar-refractivity contribution in [1.82, 2.24) is 14.8 Å².